The van der Waals surface area contributed by atoms with E-state index in [1.54, 1.807) is 13.8 Å². The number of nitrogens with zero attached hydrogens (tertiary/aromatic N) is 3. The Hall–Kier alpha value is -2.39. The van der Waals surface area contributed by atoms with E-state index in [1.165, 1.54) is 4.31 Å². The quantitative estimate of drug-likeness (QED) is 0.719. The summed E-state index contributed by atoms with van der Waals surface area (Å²) in [4.78, 5) is 15.0. The summed E-state index contributed by atoms with van der Waals surface area (Å²) in [6.07, 6.45) is 1.31. The number of aryl methyl sites for hydroxylation is 2. The van der Waals surface area contributed by atoms with Gasteiger partial charge < -0.3 is 14.7 Å². The van der Waals surface area contributed by atoms with E-state index in [1.807, 2.05) is 44.3 Å². The van der Waals surface area contributed by atoms with Gasteiger partial charge in [-0.05, 0) is 45.7 Å². The molecule has 1 N–H and O–H groups in total. The van der Waals surface area contributed by atoms with Crippen LogP contribution < -0.4 is 10.2 Å². The van der Waals surface area contributed by atoms with Gasteiger partial charge in [-0.15, -0.1) is 0 Å². The fourth-order valence-corrected chi connectivity index (χ4v) is 5.61. The van der Waals surface area contributed by atoms with Crippen molar-refractivity contribution >= 4 is 21.6 Å². The van der Waals surface area contributed by atoms with Gasteiger partial charge in [0.2, 0.25) is 15.9 Å². The first kappa shape index (κ1) is 22.3. The van der Waals surface area contributed by atoms with Gasteiger partial charge in [0.15, 0.2) is 5.76 Å². The van der Waals surface area contributed by atoms with Gasteiger partial charge in [0.25, 0.3) is 0 Å². The number of aromatic nitrogens is 1. The summed E-state index contributed by atoms with van der Waals surface area (Å²) in [6.45, 7) is 6.29. The number of carbonyl (C=O) groups is 1. The number of rotatable bonds is 7. The molecule has 1 amide bonds. The standard InChI is InChI=1S/C21H30N4O4S/c1-15(24(4)19-10-6-5-7-11-19)13-22-21(26)18-9-8-12-25(14-18)30(27,28)20-16(2)23-29-17(20)3/h5-7,10-11,15,18H,8-9,12-14H2,1-4H3,(H,22,26). The molecule has 0 saturated carbocycles. The number of amides is 1. The number of anilines is 1. The Kier molecular flexibility index (Phi) is 6.82. The first-order valence-electron chi connectivity index (χ1n) is 10.2. The zero-order valence-corrected chi connectivity index (χ0v) is 18.8. The number of hydrogen-bond donors (Lipinski definition) is 1. The van der Waals surface area contributed by atoms with Crippen LogP contribution in [0.3, 0.4) is 0 Å². The zero-order valence-electron chi connectivity index (χ0n) is 18.0. The van der Waals surface area contributed by atoms with Crippen molar-refractivity contribution in [2.24, 2.45) is 5.92 Å². The highest BCUT2D eigenvalue weighted by Gasteiger charge is 2.36. The molecule has 0 bridgehead atoms. The molecular weight excluding hydrogens is 404 g/mol. The molecule has 2 unspecified atom stereocenters. The lowest BCUT2D eigenvalue weighted by Crippen LogP contribution is -2.48. The van der Waals surface area contributed by atoms with Crippen LogP contribution in [-0.2, 0) is 14.8 Å². The Balaban J connectivity index is 1.60. The third-order valence-electron chi connectivity index (χ3n) is 5.72. The van der Waals surface area contributed by atoms with Crippen LogP contribution in [0.4, 0.5) is 5.69 Å². The van der Waals surface area contributed by atoms with Gasteiger partial charge in [0.1, 0.15) is 10.6 Å². The van der Waals surface area contributed by atoms with Crippen LogP contribution in [0.2, 0.25) is 0 Å². The van der Waals surface area contributed by atoms with E-state index in [9.17, 15) is 13.2 Å². The molecule has 1 aliphatic heterocycles. The molecule has 1 fully saturated rings. The zero-order chi connectivity index (χ0) is 21.9. The number of benzene rings is 1. The van der Waals surface area contributed by atoms with E-state index in [0.717, 1.165) is 5.69 Å². The van der Waals surface area contributed by atoms with Crippen LogP contribution in [0.15, 0.2) is 39.8 Å². The van der Waals surface area contributed by atoms with Crippen LogP contribution >= 0.6 is 0 Å². The highest BCUT2D eigenvalue weighted by Crippen LogP contribution is 2.27. The maximum atomic E-state index is 13.1. The second-order valence-electron chi connectivity index (χ2n) is 7.90. The smallest absolute Gasteiger partial charge is 0.248 e. The first-order chi connectivity index (χ1) is 14.2. The lowest BCUT2D eigenvalue weighted by molar-refractivity contribution is -0.126. The first-order valence-corrected chi connectivity index (χ1v) is 11.6. The molecule has 2 atom stereocenters. The Labute approximate surface area is 178 Å². The molecule has 0 radical (unpaired) electrons. The number of hydrogen-bond acceptors (Lipinski definition) is 6. The van der Waals surface area contributed by atoms with Crippen LogP contribution in [0.5, 0.6) is 0 Å². The summed E-state index contributed by atoms with van der Waals surface area (Å²) in [6, 6.07) is 10.1. The number of piperidine rings is 1. The molecule has 30 heavy (non-hydrogen) atoms. The number of para-hydroxylation sites is 1. The van der Waals surface area contributed by atoms with Gasteiger partial charge in [0.05, 0.1) is 5.92 Å². The van der Waals surface area contributed by atoms with E-state index in [4.69, 9.17) is 4.52 Å². The van der Waals surface area contributed by atoms with E-state index in [0.29, 0.717) is 31.6 Å². The summed E-state index contributed by atoms with van der Waals surface area (Å²) in [7, 11) is -1.75. The molecule has 2 heterocycles. The highest BCUT2D eigenvalue weighted by atomic mass is 32.2. The van der Waals surface area contributed by atoms with E-state index >= 15 is 0 Å². The maximum Gasteiger partial charge on any atom is 0.248 e. The van der Waals surface area contributed by atoms with E-state index in [-0.39, 0.29) is 35.1 Å². The average Bonchev–Trinajstić information content (AvgIpc) is 3.10. The summed E-state index contributed by atoms with van der Waals surface area (Å²) >= 11 is 0. The summed E-state index contributed by atoms with van der Waals surface area (Å²) < 4.78 is 32.5. The Morgan fingerprint density at radius 1 is 1.33 bits per heavy atom. The number of likely N-dealkylation sites (N-methyl/N-ethyl adjacent to an activating group) is 1. The van der Waals surface area contributed by atoms with Crippen molar-refractivity contribution in [3.8, 4) is 0 Å². The van der Waals surface area contributed by atoms with Gasteiger partial charge >= 0.3 is 0 Å². The molecular formula is C21H30N4O4S. The minimum atomic E-state index is -3.74. The molecule has 2 aromatic rings. The van der Waals surface area contributed by atoms with Crippen molar-refractivity contribution in [2.45, 2.75) is 44.6 Å². The summed E-state index contributed by atoms with van der Waals surface area (Å²) in [5.41, 5.74) is 1.42. The second-order valence-corrected chi connectivity index (χ2v) is 9.77. The second kappa shape index (κ2) is 9.18. The minimum absolute atomic E-state index is 0.0991. The molecule has 0 spiro atoms. The molecule has 1 saturated heterocycles. The molecule has 0 aliphatic carbocycles. The van der Waals surface area contributed by atoms with Crippen LogP contribution in [-0.4, -0.2) is 56.5 Å². The number of carbonyl (C=O) groups excluding carboxylic acids is 1. The van der Waals surface area contributed by atoms with Gasteiger partial charge in [-0.3, -0.25) is 4.79 Å². The van der Waals surface area contributed by atoms with Crippen molar-refractivity contribution in [1.82, 2.24) is 14.8 Å². The van der Waals surface area contributed by atoms with Gasteiger partial charge in [-0.1, -0.05) is 23.4 Å². The predicted molar refractivity (Wildman–Crippen MR) is 115 cm³/mol. The van der Waals surface area contributed by atoms with Gasteiger partial charge in [-0.2, -0.15) is 4.31 Å². The van der Waals surface area contributed by atoms with Crippen molar-refractivity contribution in [3.63, 3.8) is 0 Å². The van der Waals surface area contributed by atoms with Crippen molar-refractivity contribution < 1.29 is 17.7 Å². The predicted octanol–water partition coefficient (Wildman–Crippen LogP) is 2.33. The lowest BCUT2D eigenvalue weighted by atomic mass is 9.99. The molecule has 164 valence electrons. The minimum Gasteiger partial charge on any atom is -0.370 e. The number of nitrogens with one attached hydrogen (secondary N) is 1. The van der Waals surface area contributed by atoms with Crippen molar-refractivity contribution in [3.05, 3.63) is 41.8 Å². The summed E-state index contributed by atoms with van der Waals surface area (Å²) in [5, 5.41) is 6.76. The normalized spacial score (nSPS) is 18.7. The molecule has 1 aliphatic rings. The van der Waals surface area contributed by atoms with E-state index in [2.05, 4.69) is 15.4 Å². The lowest BCUT2D eigenvalue weighted by Gasteiger charge is -2.32. The summed E-state index contributed by atoms with van der Waals surface area (Å²) in [5.74, 6) is -0.206. The highest BCUT2D eigenvalue weighted by molar-refractivity contribution is 7.89. The van der Waals surface area contributed by atoms with Crippen LogP contribution in [0.1, 0.15) is 31.2 Å². The van der Waals surface area contributed by atoms with Crippen LogP contribution in [0.25, 0.3) is 0 Å². The fraction of sp³-hybridized carbons (Fsp3) is 0.524. The Morgan fingerprint density at radius 2 is 2.03 bits per heavy atom. The molecule has 8 nitrogen and oxygen atoms in total. The van der Waals surface area contributed by atoms with Gasteiger partial charge in [0, 0.05) is 38.4 Å². The third-order valence-corrected chi connectivity index (χ3v) is 7.83. The monoisotopic (exact) mass is 434 g/mol. The van der Waals surface area contributed by atoms with E-state index < -0.39 is 10.0 Å². The largest absolute Gasteiger partial charge is 0.370 e. The Bertz CT molecular complexity index is 955. The van der Waals surface area contributed by atoms with Crippen molar-refractivity contribution in [1.29, 1.82) is 0 Å². The topological polar surface area (TPSA) is 95.8 Å². The Morgan fingerprint density at radius 3 is 2.67 bits per heavy atom. The fourth-order valence-electron chi connectivity index (χ4n) is 3.79. The number of sulfonamides is 1. The third kappa shape index (κ3) is 4.67. The average molecular weight is 435 g/mol. The van der Waals surface area contributed by atoms with Crippen molar-refractivity contribution in [2.75, 3.05) is 31.6 Å². The maximum absolute atomic E-state index is 13.1. The molecule has 1 aromatic heterocycles. The van der Waals surface area contributed by atoms with Crippen LogP contribution in [0, 0.1) is 19.8 Å². The molecule has 3 rings (SSSR count). The van der Waals surface area contributed by atoms with Gasteiger partial charge in [-0.25, -0.2) is 8.42 Å². The SMILES string of the molecule is Cc1noc(C)c1S(=O)(=O)N1CCCC(C(=O)NCC(C)N(C)c2ccccc2)C1. The molecule has 9 heteroatoms. The molecule has 1 aromatic carbocycles.